The van der Waals surface area contributed by atoms with E-state index in [1.54, 1.807) is 16.0 Å². The van der Waals surface area contributed by atoms with E-state index in [2.05, 4.69) is 36.0 Å². The van der Waals surface area contributed by atoms with Crippen molar-refractivity contribution in [1.29, 1.82) is 0 Å². The first-order valence-corrected chi connectivity index (χ1v) is 11.2. The zero-order valence-electron chi connectivity index (χ0n) is 18.1. The number of thiazole rings is 1. The van der Waals surface area contributed by atoms with E-state index in [1.807, 2.05) is 25.1 Å². The molecule has 0 bridgehead atoms. The Bertz CT molecular complexity index is 1010. The van der Waals surface area contributed by atoms with Gasteiger partial charge in [0.15, 0.2) is 10.8 Å². The number of ether oxygens (including phenoxy) is 1. The van der Waals surface area contributed by atoms with E-state index in [9.17, 15) is 4.79 Å². The number of carbonyl (C=O) groups is 1. The van der Waals surface area contributed by atoms with E-state index >= 15 is 0 Å². The SMILES string of the molecule is Cc1cn(C)nc1C(=O)N(CCCN1CCOCC1)c1nc2c(C)ccc(C)c2s1. The molecule has 0 spiro atoms. The highest BCUT2D eigenvalue weighted by molar-refractivity contribution is 7.22. The number of benzene rings is 1. The van der Waals surface area contributed by atoms with Crippen LogP contribution in [0.4, 0.5) is 5.13 Å². The minimum absolute atomic E-state index is 0.0792. The molecule has 1 aromatic carbocycles. The fraction of sp³-hybridized carbons (Fsp3) is 0.500. The van der Waals surface area contributed by atoms with Gasteiger partial charge < -0.3 is 4.74 Å². The van der Waals surface area contributed by atoms with Gasteiger partial charge in [-0.15, -0.1) is 0 Å². The lowest BCUT2D eigenvalue weighted by molar-refractivity contribution is 0.0376. The third-order valence-electron chi connectivity index (χ3n) is 5.58. The smallest absolute Gasteiger partial charge is 0.280 e. The molecule has 1 aliphatic rings. The van der Waals surface area contributed by atoms with Gasteiger partial charge in [0.1, 0.15) is 0 Å². The van der Waals surface area contributed by atoms with Crippen LogP contribution in [0.3, 0.4) is 0 Å². The standard InChI is InChI=1S/C22H29N5O2S/c1-15-6-7-16(2)20-18(15)23-22(30-20)27(9-5-8-26-10-12-29-13-11-26)21(28)19-17(3)14-25(4)24-19/h6-7,14H,5,8-13H2,1-4H3. The van der Waals surface area contributed by atoms with Crippen molar-refractivity contribution in [2.75, 3.05) is 44.3 Å². The Morgan fingerprint density at radius 2 is 1.90 bits per heavy atom. The van der Waals surface area contributed by atoms with Crippen molar-refractivity contribution < 1.29 is 9.53 Å². The lowest BCUT2D eigenvalue weighted by atomic mass is 10.1. The summed E-state index contributed by atoms with van der Waals surface area (Å²) in [5.74, 6) is -0.0792. The van der Waals surface area contributed by atoms with Crippen molar-refractivity contribution in [3.05, 3.63) is 40.7 Å². The summed E-state index contributed by atoms with van der Waals surface area (Å²) in [5, 5.41) is 5.17. The molecule has 1 saturated heterocycles. The number of aryl methyl sites for hydroxylation is 4. The minimum Gasteiger partial charge on any atom is -0.379 e. The van der Waals surface area contributed by atoms with Crippen LogP contribution in [-0.4, -0.2) is 65.0 Å². The van der Waals surface area contributed by atoms with Gasteiger partial charge in [-0.1, -0.05) is 23.5 Å². The maximum absolute atomic E-state index is 13.5. The average Bonchev–Trinajstić information content (AvgIpc) is 3.32. The van der Waals surface area contributed by atoms with Crippen LogP contribution in [0.5, 0.6) is 0 Å². The maximum Gasteiger partial charge on any atom is 0.280 e. The molecule has 8 heteroatoms. The van der Waals surface area contributed by atoms with E-state index < -0.39 is 0 Å². The van der Waals surface area contributed by atoms with Gasteiger partial charge in [0, 0.05) is 45.0 Å². The Morgan fingerprint density at radius 1 is 1.17 bits per heavy atom. The van der Waals surface area contributed by atoms with Gasteiger partial charge in [0.2, 0.25) is 0 Å². The van der Waals surface area contributed by atoms with Crippen molar-refractivity contribution in [2.24, 2.45) is 7.05 Å². The van der Waals surface area contributed by atoms with Gasteiger partial charge in [-0.05, 0) is 38.3 Å². The second kappa shape index (κ2) is 8.83. The Kier molecular flexibility index (Phi) is 6.17. The topological polar surface area (TPSA) is 63.5 Å². The molecule has 2 aromatic heterocycles. The zero-order chi connectivity index (χ0) is 21.3. The number of hydrogen-bond donors (Lipinski definition) is 0. The largest absolute Gasteiger partial charge is 0.379 e. The lowest BCUT2D eigenvalue weighted by Gasteiger charge is -2.27. The first-order chi connectivity index (χ1) is 14.4. The zero-order valence-corrected chi connectivity index (χ0v) is 19.0. The molecule has 0 aliphatic carbocycles. The van der Waals surface area contributed by atoms with Crippen LogP contribution in [0, 0.1) is 20.8 Å². The summed E-state index contributed by atoms with van der Waals surface area (Å²) in [7, 11) is 1.84. The van der Waals surface area contributed by atoms with Crippen LogP contribution in [0.25, 0.3) is 10.2 Å². The minimum atomic E-state index is -0.0792. The molecular weight excluding hydrogens is 398 g/mol. The molecule has 3 heterocycles. The summed E-state index contributed by atoms with van der Waals surface area (Å²) < 4.78 is 8.28. The molecule has 1 aliphatic heterocycles. The van der Waals surface area contributed by atoms with Crippen molar-refractivity contribution >= 4 is 32.6 Å². The van der Waals surface area contributed by atoms with Crippen LogP contribution < -0.4 is 4.90 Å². The second-order valence-corrected chi connectivity index (χ2v) is 8.95. The highest BCUT2D eigenvalue weighted by atomic mass is 32.1. The molecule has 0 unspecified atom stereocenters. The molecule has 0 atom stereocenters. The van der Waals surface area contributed by atoms with Crippen LogP contribution in [0.2, 0.25) is 0 Å². The predicted molar refractivity (Wildman–Crippen MR) is 121 cm³/mol. The van der Waals surface area contributed by atoms with Gasteiger partial charge in [-0.25, -0.2) is 4.98 Å². The molecular formula is C22H29N5O2S. The summed E-state index contributed by atoms with van der Waals surface area (Å²) >= 11 is 1.59. The van der Waals surface area contributed by atoms with Gasteiger partial charge in [0.25, 0.3) is 5.91 Å². The predicted octanol–water partition coefficient (Wildman–Crippen LogP) is 3.32. The summed E-state index contributed by atoms with van der Waals surface area (Å²) in [6.45, 7) is 11.1. The fourth-order valence-electron chi connectivity index (χ4n) is 3.87. The van der Waals surface area contributed by atoms with Gasteiger partial charge in [0.05, 0.1) is 23.4 Å². The molecule has 0 radical (unpaired) electrons. The Labute approximate surface area is 181 Å². The van der Waals surface area contributed by atoms with Gasteiger partial charge in [-0.2, -0.15) is 5.10 Å². The molecule has 0 saturated carbocycles. The Morgan fingerprint density at radius 3 is 2.57 bits per heavy atom. The van der Waals surface area contributed by atoms with Crippen LogP contribution in [0.15, 0.2) is 18.3 Å². The summed E-state index contributed by atoms with van der Waals surface area (Å²) in [5.41, 5.74) is 4.69. The normalized spacial score (nSPS) is 15.1. The maximum atomic E-state index is 13.5. The van der Waals surface area contributed by atoms with Crippen molar-refractivity contribution in [3.8, 4) is 0 Å². The first kappa shape index (κ1) is 21.0. The highest BCUT2D eigenvalue weighted by Gasteiger charge is 2.25. The number of rotatable bonds is 6. The summed E-state index contributed by atoms with van der Waals surface area (Å²) in [6.07, 6.45) is 2.76. The monoisotopic (exact) mass is 427 g/mol. The van der Waals surface area contributed by atoms with E-state index in [0.717, 1.165) is 65.7 Å². The second-order valence-electron chi connectivity index (χ2n) is 7.97. The number of morpholine rings is 1. The Hall–Kier alpha value is -2.29. The van der Waals surface area contributed by atoms with Crippen LogP contribution >= 0.6 is 11.3 Å². The quantitative estimate of drug-likeness (QED) is 0.604. The van der Waals surface area contributed by atoms with E-state index in [4.69, 9.17) is 9.72 Å². The van der Waals surface area contributed by atoms with E-state index in [0.29, 0.717) is 12.2 Å². The summed E-state index contributed by atoms with van der Waals surface area (Å²) in [6, 6.07) is 4.21. The lowest BCUT2D eigenvalue weighted by Crippen LogP contribution is -2.39. The molecule has 160 valence electrons. The third-order valence-corrected chi connectivity index (χ3v) is 6.79. The number of anilines is 1. The molecule has 0 N–H and O–H groups in total. The molecule has 30 heavy (non-hydrogen) atoms. The van der Waals surface area contributed by atoms with Crippen LogP contribution in [-0.2, 0) is 11.8 Å². The number of fused-ring (bicyclic) bond motifs is 1. The van der Waals surface area contributed by atoms with E-state index in [-0.39, 0.29) is 5.91 Å². The molecule has 1 fully saturated rings. The Balaban J connectivity index is 1.62. The van der Waals surface area contributed by atoms with Gasteiger partial charge >= 0.3 is 0 Å². The number of nitrogens with zero attached hydrogens (tertiary/aromatic N) is 5. The van der Waals surface area contributed by atoms with Crippen molar-refractivity contribution in [2.45, 2.75) is 27.2 Å². The van der Waals surface area contributed by atoms with Crippen molar-refractivity contribution in [1.82, 2.24) is 19.7 Å². The number of carbonyl (C=O) groups excluding carboxylic acids is 1. The summed E-state index contributed by atoms with van der Waals surface area (Å²) in [4.78, 5) is 22.6. The molecule has 7 nitrogen and oxygen atoms in total. The number of amides is 1. The third kappa shape index (κ3) is 4.26. The highest BCUT2D eigenvalue weighted by Crippen LogP contribution is 2.34. The van der Waals surface area contributed by atoms with E-state index in [1.165, 1.54) is 5.56 Å². The van der Waals surface area contributed by atoms with Crippen LogP contribution in [0.1, 0.15) is 33.6 Å². The fourth-order valence-corrected chi connectivity index (χ4v) is 5.01. The average molecular weight is 428 g/mol. The van der Waals surface area contributed by atoms with Crippen molar-refractivity contribution in [3.63, 3.8) is 0 Å². The molecule has 1 amide bonds. The number of hydrogen-bond acceptors (Lipinski definition) is 6. The molecule has 4 rings (SSSR count). The number of aromatic nitrogens is 3. The molecule has 3 aromatic rings. The van der Waals surface area contributed by atoms with Gasteiger partial charge in [-0.3, -0.25) is 19.3 Å². The first-order valence-electron chi connectivity index (χ1n) is 10.4.